The van der Waals surface area contributed by atoms with Crippen LogP contribution in [-0.4, -0.2) is 27.3 Å². The molecule has 2 heterocycles. The molecule has 0 radical (unpaired) electrons. The number of amides is 1. The Morgan fingerprint density at radius 3 is 2.76 bits per heavy atom. The van der Waals surface area contributed by atoms with E-state index in [1.807, 2.05) is 6.20 Å². The number of carbonyl (C=O) groups excluding carboxylic acids is 1. The number of nitrogens with one attached hydrogen (secondary N) is 1. The van der Waals surface area contributed by atoms with Crippen LogP contribution in [-0.2, 0) is 4.79 Å². The molecule has 5 heteroatoms. The Kier molecular flexibility index (Phi) is 4.54. The molecule has 4 nitrogen and oxygen atoms in total. The lowest BCUT2D eigenvalue weighted by atomic mass is 10.0. The zero-order chi connectivity index (χ0) is 20.2. The third-order valence-electron chi connectivity index (χ3n) is 6.39. The molecule has 1 aromatic heterocycles. The number of hydrogen-bond donors (Lipinski definition) is 1. The van der Waals surface area contributed by atoms with Gasteiger partial charge in [-0.25, -0.2) is 4.98 Å². The van der Waals surface area contributed by atoms with Crippen LogP contribution in [0.2, 0.25) is 0 Å². The Balaban J connectivity index is 1.44. The van der Waals surface area contributed by atoms with E-state index < -0.39 is 0 Å². The van der Waals surface area contributed by atoms with E-state index in [0.717, 1.165) is 34.5 Å². The van der Waals surface area contributed by atoms with E-state index in [2.05, 4.69) is 76.1 Å². The van der Waals surface area contributed by atoms with Crippen molar-refractivity contribution in [2.75, 3.05) is 6.54 Å². The standard InChI is InChI=1S/C24H26BrN3O/c1-15(2)9-22(29)28-14-24(7-8-24)12-21(28)23-26-13-20(27-23)18-4-3-17-11-19(25)6-5-16(17)10-18/h3-6,10-11,13,15,21H,7-9,12,14H2,1-2H3,(H,26,27). The number of likely N-dealkylation sites (tertiary alicyclic amines) is 1. The average molecular weight is 452 g/mol. The first kappa shape index (κ1) is 18.9. The van der Waals surface area contributed by atoms with Gasteiger partial charge >= 0.3 is 0 Å². The van der Waals surface area contributed by atoms with Crippen LogP contribution in [0.15, 0.2) is 47.1 Å². The Bertz CT molecular complexity index is 1080. The molecule has 1 atom stereocenters. The molecular weight excluding hydrogens is 426 g/mol. The van der Waals surface area contributed by atoms with Gasteiger partial charge in [0, 0.05) is 23.0 Å². The van der Waals surface area contributed by atoms with Crippen molar-refractivity contribution in [3.63, 3.8) is 0 Å². The summed E-state index contributed by atoms with van der Waals surface area (Å²) in [4.78, 5) is 23.2. The molecule has 29 heavy (non-hydrogen) atoms. The van der Waals surface area contributed by atoms with Crippen molar-refractivity contribution in [2.45, 2.75) is 45.6 Å². The van der Waals surface area contributed by atoms with E-state index in [9.17, 15) is 4.79 Å². The summed E-state index contributed by atoms with van der Waals surface area (Å²) < 4.78 is 1.09. The Hall–Kier alpha value is -2.14. The van der Waals surface area contributed by atoms with Crippen molar-refractivity contribution in [3.05, 3.63) is 52.9 Å². The number of H-pyrrole nitrogens is 1. The number of aromatic nitrogens is 2. The molecule has 0 bridgehead atoms. The summed E-state index contributed by atoms with van der Waals surface area (Å²) in [7, 11) is 0. The zero-order valence-corrected chi connectivity index (χ0v) is 18.5. The predicted octanol–water partition coefficient (Wildman–Crippen LogP) is 6.09. The highest BCUT2D eigenvalue weighted by atomic mass is 79.9. The van der Waals surface area contributed by atoms with Gasteiger partial charge in [-0.2, -0.15) is 0 Å². The maximum atomic E-state index is 12.9. The van der Waals surface area contributed by atoms with E-state index in [0.29, 0.717) is 17.8 Å². The van der Waals surface area contributed by atoms with Crippen LogP contribution in [0.4, 0.5) is 0 Å². The average Bonchev–Trinajstić information content (AvgIpc) is 3.10. The van der Waals surface area contributed by atoms with Crippen molar-refractivity contribution < 1.29 is 4.79 Å². The third kappa shape index (κ3) is 3.61. The van der Waals surface area contributed by atoms with Gasteiger partial charge in [0.2, 0.25) is 5.91 Å². The van der Waals surface area contributed by atoms with Crippen molar-refractivity contribution >= 4 is 32.6 Å². The molecule has 1 N–H and O–H groups in total. The monoisotopic (exact) mass is 451 g/mol. The molecule has 1 saturated heterocycles. The molecule has 2 aliphatic rings. The second-order valence-corrected chi connectivity index (χ2v) is 10.1. The van der Waals surface area contributed by atoms with Gasteiger partial charge in [-0.3, -0.25) is 4.79 Å². The number of nitrogens with zero attached hydrogens (tertiary/aromatic N) is 2. The number of fused-ring (bicyclic) bond motifs is 1. The SMILES string of the molecule is CC(C)CC(=O)N1CC2(CC2)CC1c1ncc(-c2ccc3cc(Br)ccc3c2)[nH]1. The fraction of sp³-hybridized carbons (Fsp3) is 0.417. The highest BCUT2D eigenvalue weighted by molar-refractivity contribution is 9.10. The van der Waals surface area contributed by atoms with E-state index in [1.165, 1.54) is 23.6 Å². The van der Waals surface area contributed by atoms with E-state index in [4.69, 9.17) is 4.98 Å². The maximum absolute atomic E-state index is 12.9. The summed E-state index contributed by atoms with van der Waals surface area (Å²) in [6, 6.07) is 12.9. The van der Waals surface area contributed by atoms with Gasteiger partial charge < -0.3 is 9.88 Å². The minimum Gasteiger partial charge on any atom is -0.340 e. The van der Waals surface area contributed by atoms with Gasteiger partial charge in [0.05, 0.1) is 17.9 Å². The normalized spacial score (nSPS) is 20.1. The highest BCUT2D eigenvalue weighted by Crippen LogP contribution is 2.58. The summed E-state index contributed by atoms with van der Waals surface area (Å²) in [6.07, 6.45) is 6.04. The van der Waals surface area contributed by atoms with Crippen LogP contribution in [0, 0.1) is 11.3 Å². The smallest absolute Gasteiger partial charge is 0.223 e. The van der Waals surface area contributed by atoms with E-state index in [-0.39, 0.29) is 11.9 Å². The van der Waals surface area contributed by atoms with Gasteiger partial charge in [-0.15, -0.1) is 0 Å². The van der Waals surface area contributed by atoms with Gasteiger partial charge in [0.15, 0.2) is 0 Å². The Labute approximate surface area is 179 Å². The molecule has 150 valence electrons. The molecule has 2 aromatic carbocycles. The van der Waals surface area contributed by atoms with Gasteiger partial charge in [-0.1, -0.05) is 48.0 Å². The summed E-state index contributed by atoms with van der Waals surface area (Å²) in [5, 5.41) is 2.41. The lowest BCUT2D eigenvalue weighted by molar-refractivity contribution is -0.133. The second-order valence-electron chi connectivity index (χ2n) is 9.23. The first-order valence-corrected chi connectivity index (χ1v) is 11.3. The maximum Gasteiger partial charge on any atom is 0.223 e. The van der Waals surface area contributed by atoms with Crippen molar-refractivity contribution in [2.24, 2.45) is 11.3 Å². The number of rotatable bonds is 4. The molecule has 1 spiro atoms. The van der Waals surface area contributed by atoms with Gasteiger partial charge in [-0.05, 0) is 59.6 Å². The number of carbonyl (C=O) groups is 1. The number of imidazole rings is 1. The fourth-order valence-corrected chi connectivity index (χ4v) is 4.98. The lowest BCUT2D eigenvalue weighted by Gasteiger charge is -2.24. The summed E-state index contributed by atoms with van der Waals surface area (Å²) in [5.74, 6) is 1.57. The summed E-state index contributed by atoms with van der Waals surface area (Å²) in [6.45, 7) is 5.11. The fourth-order valence-electron chi connectivity index (χ4n) is 4.61. The molecule has 2 fully saturated rings. The molecule has 1 saturated carbocycles. The van der Waals surface area contributed by atoms with Crippen molar-refractivity contribution in [3.8, 4) is 11.3 Å². The second kappa shape index (κ2) is 6.98. The molecule has 1 aliphatic heterocycles. The topological polar surface area (TPSA) is 49.0 Å². The van der Waals surface area contributed by atoms with Crippen molar-refractivity contribution in [1.82, 2.24) is 14.9 Å². The zero-order valence-electron chi connectivity index (χ0n) is 16.9. The minimum absolute atomic E-state index is 0.0777. The van der Waals surface area contributed by atoms with Gasteiger partial charge in [0.25, 0.3) is 0 Å². The molecule has 5 rings (SSSR count). The summed E-state index contributed by atoms with van der Waals surface area (Å²) >= 11 is 3.53. The minimum atomic E-state index is 0.0777. The Morgan fingerprint density at radius 2 is 2.00 bits per heavy atom. The van der Waals surface area contributed by atoms with E-state index >= 15 is 0 Å². The first-order valence-electron chi connectivity index (χ1n) is 10.5. The lowest BCUT2D eigenvalue weighted by Crippen LogP contribution is -2.32. The van der Waals surface area contributed by atoms with Crippen LogP contribution in [0.3, 0.4) is 0 Å². The van der Waals surface area contributed by atoms with E-state index in [1.54, 1.807) is 0 Å². The largest absolute Gasteiger partial charge is 0.340 e. The number of halogens is 1. The molecule has 3 aromatic rings. The van der Waals surface area contributed by atoms with Gasteiger partial charge in [0.1, 0.15) is 5.82 Å². The molecule has 1 aliphatic carbocycles. The van der Waals surface area contributed by atoms with Crippen molar-refractivity contribution in [1.29, 1.82) is 0 Å². The third-order valence-corrected chi connectivity index (χ3v) is 6.89. The van der Waals surface area contributed by atoms with Crippen LogP contribution in [0.1, 0.15) is 51.4 Å². The number of aromatic amines is 1. The Morgan fingerprint density at radius 1 is 1.24 bits per heavy atom. The van der Waals surface area contributed by atoms with Crippen LogP contribution in [0.5, 0.6) is 0 Å². The molecular formula is C24H26BrN3O. The molecule has 1 unspecified atom stereocenters. The van der Waals surface area contributed by atoms with Crippen LogP contribution < -0.4 is 0 Å². The summed E-state index contributed by atoms with van der Waals surface area (Å²) in [5.41, 5.74) is 2.48. The van der Waals surface area contributed by atoms with Crippen LogP contribution >= 0.6 is 15.9 Å². The quantitative estimate of drug-likeness (QED) is 0.521. The number of hydrogen-bond acceptors (Lipinski definition) is 2. The molecule has 1 amide bonds. The first-order chi connectivity index (χ1) is 13.9. The van der Waals surface area contributed by atoms with Crippen LogP contribution in [0.25, 0.3) is 22.0 Å². The number of benzene rings is 2. The predicted molar refractivity (Wildman–Crippen MR) is 119 cm³/mol. The highest BCUT2D eigenvalue weighted by Gasteiger charge is 2.54.